The molecule has 18 nitrogen and oxygen atoms in total. The molecular formula is C56H72F2N10O8. The molecule has 0 spiro atoms. The number of piperidine rings is 1. The molecule has 6 aliphatic heterocycles. The molecule has 0 unspecified atom stereocenters. The zero-order valence-electron chi connectivity index (χ0n) is 43.9. The second kappa shape index (κ2) is 23.4. The number of alkyl carbamates (subject to hydrolysis) is 2. The van der Waals surface area contributed by atoms with Crippen molar-refractivity contribution in [2.45, 2.75) is 127 Å². The van der Waals surface area contributed by atoms with Crippen LogP contribution in [0.1, 0.15) is 130 Å². The summed E-state index contributed by atoms with van der Waals surface area (Å²) in [5.41, 5.74) is 5.04. The highest BCUT2D eigenvalue weighted by atomic mass is 19.1. The molecule has 6 aliphatic rings. The van der Waals surface area contributed by atoms with Gasteiger partial charge < -0.3 is 59.1 Å². The first-order valence-electron chi connectivity index (χ1n) is 27.3. The first-order valence-corrected chi connectivity index (χ1v) is 27.3. The quantitative estimate of drug-likeness (QED) is 0.0880. The summed E-state index contributed by atoms with van der Waals surface area (Å²) >= 11 is 0. The normalized spacial score (nSPS) is 23.6. The number of carbonyl (C=O) groups is 4. The number of hydrogen-bond acceptors (Lipinski definition) is 12. The number of aromatic nitrogens is 4. The number of rotatable bonds is 14. The van der Waals surface area contributed by atoms with Crippen molar-refractivity contribution in [1.29, 1.82) is 0 Å². The van der Waals surface area contributed by atoms with Crippen molar-refractivity contribution in [2.75, 3.05) is 76.6 Å². The lowest BCUT2D eigenvalue weighted by Gasteiger charge is -2.35. The number of aryl methyl sites for hydroxylation is 1. The molecule has 0 aliphatic carbocycles. The zero-order valence-corrected chi connectivity index (χ0v) is 43.9. The molecule has 76 heavy (non-hydrogen) atoms. The highest BCUT2D eigenvalue weighted by Gasteiger charge is 2.43. The minimum absolute atomic E-state index is 0.00595. The molecule has 20 heteroatoms. The van der Waals surface area contributed by atoms with Crippen molar-refractivity contribution in [3.05, 3.63) is 88.8 Å². The number of H-pyrrole nitrogens is 2. The largest absolute Gasteiger partial charge is 0.453 e. The molecule has 6 atom stereocenters. The van der Waals surface area contributed by atoms with E-state index in [0.29, 0.717) is 127 Å². The number of fused-ring (bicyclic) bond motifs is 1. The van der Waals surface area contributed by atoms with Gasteiger partial charge in [-0.25, -0.2) is 28.3 Å². The van der Waals surface area contributed by atoms with Crippen molar-refractivity contribution in [2.24, 2.45) is 11.8 Å². The maximum atomic E-state index is 16.4. The van der Waals surface area contributed by atoms with E-state index in [1.807, 2.05) is 52.0 Å². The number of nitrogens with one attached hydrogen (secondary N) is 4. The SMILES string of the molecule is C=C(/C=C\c1[nH]c([C@@H]2CCCN2C(=O)[C@@H](NC(=O)OC)C2CCOCC2)nc1C)[C@H]1CC[C@H](c2ccc3[nH]c([C@@H]4CCCN4C(=O)[C@@H](NC(=O)OC)C4CCOCC4)nc3c2)N1c1cc(F)c(N2CCCCC2)c(F)c1. The van der Waals surface area contributed by atoms with Gasteiger partial charge in [-0.3, -0.25) is 9.59 Å². The summed E-state index contributed by atoms with van der Waals surface area (Å²) in [4.78, 5) is 78.1. The molecule has 4 aromatic rings. The fourth-order valence-electron chi connectivity index (χ4n) is 12.7. The Bertz CT molecular complexity index is 2780. The minimum atomic E-state index is -0.761. The van der Waals surface area contributed by atoms with Crippen LogP contribution in [0, 0.1) is 30.4 Å². The molecule has 6 saturated heterocycles. The standard InChI is InChI=1S/C56H72F2N10O8/c1-33(12-14-41-34(2)59-51(60-41)46-10-8-24-66(46)53(69)48(63-55(71)73-3)35-18-26-75-27-19-35)44-16-17-45(68(44)38-31-39(57)50(40(58)32-38)65-22-6-5-7-23-65)37-13-15-42-43(30-37)62-52(61-42)47-11-9-25-67(47)54(70)49(64-56(72)74-4)36-20-28-76-29-21-36/h12-15,30-32,35-36,44-49H,1,5-11,16-29H2,2-4H3,(H,59,60)(H,61,62)(H,63,71)(H,64,72)/b14-12-/t44-,45-,46+,47+,48+,49+/m1/s1. The second-order valence-corrected chi connectivity index (χ2v) is 21.3. The zero-order chi connectivity index (χ0) is 53.0. The Hall–Kier alpha value is -6.54. The van der Waals surface area contributed by atoms with Gasteiger partial charge in [0.25, 0.3) is 0 Å². The van der Waals surface area contributed by atoms with Crippen LogP contribution in [0.25, 0.3) is 17.1 Å². The molecule has 4 amide bonds. The van der Waals surface area contributed by atoms with Crippen LogP contribution in [-0.2, 0) is 28.5 Å². The van der Waals surface area contributed by atoms with Crippen LogP contribution in [0.15, 0.2) is 48.6 Å². The maximum Gasteiger partial charge on any atom is 0.407 e. The van der Waals surface area contributed by atoms with Crippen molar-refractivity contribution in [3.63, 3.8) is 0 Å². The Morgan fingerprint density at radius 3 is 1.84 bits per heavy atom. The van der Waals surface area contributed by atoms with Gasteiger partial charge >= 0.3 is 12.2 Å². The second-order valence-electron chi connectivity index (χ2n) is 21.3. The van der Waals surface area contributed by atoms with Gasteiger partial charge in [-0.1, -0.05) is 18.7 Å². The lowest BCUT2D eigenvalue weighted by molar-refractivity contribution is -0.137. The van der Waals surface area contributed by atoms with E-state index in [4.69, 9.17) is 28.9 Å². The highest BCUT2D eigenvalue weighted by molar-refractivity contribution is 5.87. The molecule has 6 fully saturated rings. The summed E-state index contributed by atoms with van der Waals surface area (Å²) in [6, 6.07) is 6.12. The number of aromatic amines is 2. The van der Waals surface area contributed by atoms with Crippen molar-refractivity contribution < 1.29 is 46.9 Å². The van der Waals surface area contributed by atoms with Crippen LogP contribution >= 0.6 is 0 Å². The molecule has 2 aromatic carbocycles. The third kappa shape index (κ3) is 11.0. The lowest BCUT2D eigenvalue weighted by atomic mass is 9.90. The number of nitrogens with zero attached hydrogens (tertiary/aromatic N) is 6. The molecule has 8 heterocycles. The molecular weight excluding hydrogens is 979 g/mol. The number of amides is 4. The minimum Gasteiger partial charge on any atom is -0.453 e. The third-order valence-electron chi connectivity index (χ3n) is 16.7. The van der Waals surface area contributed by atoms with Crippen molar-refractivity contribution in [3.8, 4) is 0 Å². The Labute approximate surface area is 442 Å². The summed E-state index contributed by atoms with van der Waals surface area (Å²) in [6.45, 7) is 10.8. The number of anilines is 2. The Morgan fingerprint density at radius 2 is 1.28 bits per heavy atom. The summed E-state index contributed by atoms with van der Waals surface area (Å²) in [6.07, 6.45) is 12.2. The monoisotopic (exact) mass is 1050 g/mol. The molecule has 2 aromatic heterocycles. The predicted molar refractivity (Wildman–Crippen MR) is 281 cm³/mol. The fourth-order valence-corrected chi connectivity index (χ4v) is 12.7. The van der Waals surface area contributed by atoms with Gasteiger partial charge in [-0.05, 0) is 144 Å². The third-order valence-corrected chi connectivity index (χ3v) is 16.7. The maximum absolute atomic E-state index is 16.4. The number of methoxy groups -OCH3 is 2. The summed E-state index contributed by atoms with van der Waals surface area (Å²) in [7, 11) is 2.58. The Balaban J connectivity index is 0.911. The van der Waals surface area contributed by atoms with Crippen LogP contribution < -0.4 is 20.4 Å². The van der Waals surface area contributed by atoms with Gasteiger partial charge in [0.05, 0.1) is 60.8 Å². The lowest BCUT2D eigenvalue weighted by Crippen LogP contribution is -2.53. The van der Waals surface area contributed by atoms with Crippen LogP contribution in [0.2, 0.25) is 0 Å². The highest BCUT2D eigenvalue weighted by Crippen LogP contribution is 2.45. The van der Waals surface area contributed by atoms with Gasteiger partial charge in [0.2, 0.25) is 11.8 Å². The van der Waals surface area contributed by atoms with Crippen LogP contribution in [0.4, 0.5) is 29.7 Å². The average Bonchev–Trinajstić information content (AvgIpc) is 4.32. The van der Waals surface area contributed by atoms with E-state index < -0.39 is 35.9 Å². The number of imidazole rings is 2. The number of hydrogen-bond donors (Lipinski definition) is 4. The van der Waals surface area contributed by atoms with Gasteiger partial charge in [-0.2, -0.15) is 0 Å². The fraction of sp³-hybridized carbons (Fsp3) is 0.571. The first-order chi connectivity index (χ1) is 36.9. The van der Waals surface area contributed by atoms with E-state index in [0.717, 1.165) is 60.1 Å². The smallest absolute Gasteiger partial charge is 0.407 e. The van der Waals surface area contributed by atoms with E-state index in [-0.39, 0.29) is 53.5 Å². The molecule has 408 valence electrons. The van der Waals surface area contributed by atoms with E-state index in [1.54, 1.807) is 0 Å². The first kappa shape index (κ1) is 52.9. The molecule has 0 bridgehead atoms. The molecule has 0 radical (unpaired) electrons. The van der Waals surface area contributed by atoms with Gasteiger partial charge in [0.1, 0.15) is 29.4 Å². The van der Waals surface area contributed by atoms with E-state index >= 15 is 8.78 Å². The van der Waals surface area contributed by atoms with Gasteiger partial charge in [-0.15, -0.1) is 0 Å². The number of benzene rings is 2. The number of carbonyl (C=O) groups excluding carboxylic acids is 4. The van der Waals surface area contributed by atoms with Crippen molar-refractivity contribution >= 4 is 52.5 Å². The Morgan fingerprint density at radius 1 is 0.711 bits per heavy atom. The topological polar surface area (TPSA) is 200 Å². The van der Waals surface area contributed by atoms with E-state index in [2.05, 4.69) is 32.1 Å². The number of ether oxygens (including phenoxy) is 4. The summed E-state index contributed by atoms with van der Waals surface area (Å²) in [5.74, 6) is -0.433. The predicted octanol–water partition coefficient (Wildman–Crippen LogP) is 8.47. The van der Waals surface area contributed by atoms with Gasteiger partial charge in [0, 0.05) is 58.3 Å². The van der Waals surface area contributed by atoms with Gasteiger partial charge in [0.15, 0.2) is 11.6 Å². The van der Waals surface area contributed by atoms with Crippen LogP contribution in [0.5, 0.6) is 0 Å². The molecule has 0 saturated carbocycles. The molecule has 10 rings (SSSR count). The molecule has 4 N–H and O–H groups in total. The Kier molecular flexibility index (Phi) is 16.3. The van der Waals surface area contributed by atoms with Crippen LogP contribution in [-0.4, -0.2) is 139 Å². The van der Waals surface area contributed by atoms with E-state index in [1.165, 1.54) is 26.4 Å². The average molecular weight is 1050 g/mol. The number of halogens is 2. The van der Waals surface area contributed by atoms with Crippen LogP contribution in [0.3, 0.4) is 0 Å². The summed E-state index contributed by atoms with van der Waals surface area (Å²) < 4.78 is 53.9. The van der Waals surface area contributed by atoms with E-state index in [9.17, 15) is 19.2 Å². The number of likely N-dealkylation sites (tertiary alicyclic amines) is 2. The summed E-state index contributed by atoms with van der Waals surface area (Å²) in [5, 5.41) is 5.64. The van der Waals surface area contributed by atoms with Crippen molar-refractivity contribution in [1.82, 2.24) is 40.4 Å².